The molecule has 1 amide bonds. The van der Waals surface area contributed by atoms with Crippen LogP contribution in [0.25, 0.3) is 11.3 Å². The highest BCUT2D eigenvalue weighted by Crippen LogP contribution is 2.25. The number of epoxide rings is 1. The number of oxazole rings is 1. The van der Waals surface area contributed by atoms with Crippen LogP contribution in [0.15, 0.2) is 28.7 Å². The number of ether oxygens (including phenoxy) is 1. The van der Waals surface area contributed by atoms with Gasteiger partial charge >= 0.3 is 0 Å². The molecule has 0 spiro atoms. The molecule has 2 aromatic rings. The number of carbonyl (C=O) groups is 1. The van der Waals surface area contributed by atoms with Crippen molar-refractivity contribution >= 4 is 17.5 Å². The molecule has 1 fully saturated rings. The van der Waals surface area contributed by atoms with E-state index in [0.29, 0.717) is 23.3 Å². The fourth-order valence-corrected chi connectivity index (χ4v) is 2.00. The van der Waals surface area contributed by atoms with Crippen LogP contribution < -0.4 is 5.32 Å². The largest absolute Gasteiger partial charge is 0.438 e. The third kappa shape index (κ3) is 2.84. The normalized spacial score (nSPS) is 17.0. The molecule has 1 aromatic carbocycles. The van der Waals surface area contributed by atoms with Crippen LogP contribution in [0.1, 0.15) is 11.6 Å². The average molecular weight is 293 g/mol. The second-order valence-electron chi connectivity index (χ2n) is 4.57. The number of aryl methyl sites for hydroxylation is 1. The number of carbonyl (C=O) groups excluding carboxylic acids is 1. The Labute approximate surface area is 120 Å². The molecule has 0 saturated carbocycles. The summed E-state index contributed by atoms with van der Waals surface area (Å²) in [5.74, 6) is 1.03. The molecule has 0 aliphatic carbocycles. The van der Waals surface area contributed by atoms with E-state index in [0.717, 1.165) is 11.3 Å². The first kappa shape index (κ1) is 13.1. The number of nitrogens with zero attached hydrogens (tertiary/aromatic N) is 1. The third-order valence-electron chi connectivity index (χ3n) is 2.99. The average Bonchev–Trinajstić information content (AvgIpc) is 3.21. The first-order valence-electron chi connectivity index (χ1n) is 6.25. The Morgan fingerprint density at radius 2 is 2.15 bits per heavy atom. The van der Waals surface area contributed by atoms with Gasteiger partial charge in [0.15, 0.2) is 11.9 Å². The van der Waals surface area contributed by atoms with Crippen LogP contribution in [0.3, 0.4) is 0 Å². The van der Waals surface area contributed by atoms with E-state index in [1.54, 1.807) is 12.1 Å². The van der Waals surface area contributed by atoms with Crippen molar-refractivity contribution in [3.63, 3.8) is 0 Å². The van der Waals surface area contributed by atoms with E-state index in [-0.39, 0.29) is 18.6 Å². The van der Waals surface area contributed by atoms with E-state index in [4.69, 9.17) is 20.8 Å². The summed E-state index contributed by atoms with van der Waals surface area (Å²) >= 11 is 5.86. The molecule has 1 aliphatic rings. The molecule has 1 saturated heterocycles. The predicted octanol–water partition coefficient (Wildman–Crippen LogP) is 2.32. The molecule has 1 atom stereocenters. The lowest BCUT2D eigenvalue weighted by Crippen LogP contribution is -2.27. The van der Waals surface area contributed by atoms with Gasteiger partial charge < -0.3 is 14.5 Å². The highest BCUT2D eigenvalue weighted by molar-refractivity contribution is 6.30. The minimum atomic E-state index is -0.304. The topological polar surface area (TPSA) is 67.7 Å². The third-order valence-corrected chi connectivity index (χ3v) is 3.24. The van der Waals surface area contributed by atoms with E-state index in [9.17, 15) is 4.79 Å². The minimum absolute atomic E-state index is 0.131. The van der Waals surface area contributed by atoms with Gasteiger partial charge in [-0.05, 0) is 31.2 Å². The summed E-state index contributed by atoms with van der Waals surface area (Å²) in [4.78, 5) is 15.8. The molecule has 1 aliphatic heterocycles. The Morgan fingerprint density at radius 1 is 1.45 bits per heavy atom. The second kappa shape index (κ2) is 5.26. The van der Waals surface area contributed by atoms with Crippen molar-refractivity contribution < 1.29 is 13.9 Å². The van der Waals surface area contributed by atoms with Crippen LogP contribution in [0, 0.1) is 6.92 Å². The number of hydrogen-bond acceptors (Lipinski definition) is 4. The first-order chi connectivity index (χ1) is 9.63. The van der Waals surface area contributed by atoms with E-state index >= 15 is 0 Å². The molecule has 1 N–H and O–H groups in total. The maximum absolute atomic E-state index is 11.5. The van der Waals surface area contributed by atoms with Gasteiger partial charge in [0.25, 0.3) is 5.91 Å². The van der Waals surface area contributed by atoms with Gasteiger partial charge in [0.2, 0.25) is 5.89 Å². The lowest BCUT2D eigenvalue weighted by molar-refractivity contribution is -0.122. The van der Waals surface area contributed by atoms with Crippen molar-refractivity contribution in [1.29, 1.82) is 0 Å². The molecule has 6 heteroatoms. The van der Waals surface area contributed by atoms with Crippen LogP contribution in [0.5, 0.6) is 0 Å². The van der Waals surface area contributed by atoms with E-state index in [1.165, 1.54) is 0 Å². The smallest absolute Gasteiger partial charge is 0.251 e. The van der Waals surface area contributed by atoms with Crippen LogP contribution in [-0.4, -0.2) is 23.6 Å². The lowest BCUT2D eigenvalue weighted by Gasteiger charge is -1.99. The van der Waals surface area contributed by atoms with Gasteiger partial charge in [-0.1, -0.05) is 11.6 Å². The van der Waals surface area contributed by atoms with Crippen molar-refractivity contribution in [3.8, 4) is 11.3 Å². The van der Waals surface area contributed by atoms with E-state index in [2.05, 4.69) is 10.3 Å². The summed E-state index contributed by atoms with van der Waals surface area (Å²) < 4.78 is 10.6. The molecule has 0 bridgehead atoms. The monoisotopic (exact) mass is 292 g/mol. The summed E-state index contributed by atoms with van der Waals surface area (Å²) in [5, 5.41) is 3.39. The summed E-state index contributed by atoms with van der Waals surface area (Å²) in [6.45, 7) is 2.61. The number of rotatable bonds is 4. The Bertz CT molecular complexity index is 632. The van der Waals surface area contributed by atoms with Crippen molar-refractivity contribution in [1.82, 2.24) is 10.3 Å². The number of halogens is 1. The predicted molar refractivity (Wildman–Crippen MR) is 73.3 cm³/mol. The minimum Gasteiger partial charge on any atom is -0.438 e. The van der Waals surface area contributed by atoms with Gasteiger partial charge in [-0.25, -0.2) is 4.98 Å². The fourth-order valence-electron chi connectivity index (χ4n) is 1.87. The van der Waals surface area contributed by atoms with E-state index in [1.807, 2.05) is 19.1 Å². The molecule has 1 unspecified atom stereocenters. The molecular weight excluding hydrogens is 280 g/mol. The SMILES string of the molecule is Cc1nc(CNC(=O)C2CO2)oc1-c1ccc(Cl)cc1. The van der Waals surface area contributed by atoms with Gasteiger partial charge in [-0.15, -0.1) is 0 Å². The lowest BCUT2D eigenvalue weighted by atomic mass is 10.1. The summed E-state index contributed by atoms with van der Waals surface area (Å²) in [7, 11) is 0. The van der Waals surface area contributed by atoms with Crippen LogP contribution in [0.2, 0.25) is 5.02 Å². The summed E-state index contributed by atoms with van der Waals surface area (Å²) in [6, 6.07) is 7.34. The molecule has 3 rings (SSSR count). The van der Waals surface area contributed by atoms with Crippen LogP contribution in [-0.2, 0) is 16.1 Å². The maximum atomic E-state index is 11.5. The number of hydrogen-bond donors (Lipinski definition) is 1. The first-order valence-corrected chi connectivity index (χ1v) is 6.63. The summed E-state index contributed by atoms with van der Waals surface area (Å²) in [5.41, 5.74) is 1.68. The van der Waals surface area contributed by atoms with E-state index < -0.39 is 0 Å². The van der Waals surface area contributed by atoms with Gasteiger partial charge in [0.05, 0.1) is 18.8 Å². The fraction of sp³-hybridized carbons (Fsp3) is 0.286. The van der Waals surface area contributed by atoms with Gasteiger partial charge in [0.1, 0.15) is 0 Å². The zero-order valence-electron chi connectivity index (χ0n) is 10.9. The molecular formula is C14H13ClN2O3. The maximum Gasteiger partial charge on any atom is 0.251 e. The quantitative estimate of drug-likeness (QED) is 0.878. The number of aromatic nitrogens is 1. The number of amides is 1. The van der Waals surface area contributed by atoms with Crippen molar-refractivity contribution in [3.05, 3.63) is 40.9 Å². The zero-order chi connectivity index (χ0) is 14.1. The molecule has 0 radical (unpaired) electrons. The standard InChI is InChI=1S/C14H13ClN2O3/c1-8-13(9-2-4-10(15)5-3-9)20-12(17-8)6-16-14(18)11-7-19-11/h2-5,11H,6-7H2,1H3,(H,16,18). The van der Waals surface area contributed by atoms with Gasteiger partial charge in [-0.2, -0.15) is 0 Å². The summed E-state index contributed by atoms with van der Waals surface area (Å²) in [6.07, 6.45) is -0.304. The van der Waals surface area contributed by atoms with Crippen molar-refractivity contribution in [2.24, 2.45) is 0 Å². The highest BCUT2D eigenvalue weighted by atomic mass is 35.5. The highest BCUT2D eigenvalue weighted by Gasteiger charge is 2.31. The Morgan fingerprint density at radius 3 is 2.80 bits per heavy atom. The van der Waals surface area contributed by atoms with Crippen LogP contribution >= 0.6 is 11.6 Å². The second-order valence-corrected chi connectivity index (χ2v) is 5.01. The zero-order valence-corrected chi connectivity index (χ0v) is 11.6. The molecule has 104 valence electrons. The Hall–Kier alpha value is -1.85. The van der Waals surface area contributed by atoms with Crippen molar-refractivity contribution in [2.45, 2.75) is 19.6 Å². The number of benzene rings is 1. The molecule has 5 nitrogen and oxygen atoms in total. The van der Waals surface area contributed by atoms with Crippen molar-refractivity contribution in [2.75, 3.05) is 6.61 Å². The van der Waals surface area contributed by atoms with Gasteiger partial charge in [-0.3, -0.25) is 4.79 Å². The Kier molecular flexibility index (Phi) is 3.46. The molecule has 1 aromatic heterocycles. The number of nitrogens with one attached hydrogen (secondary N) is 1. The molecule has 20 heavy (non-hydrogen) atoms. The van der Waals surface area contributed by atoms with Crippen LogP contribution in [0.4, 0.5) is 0 Å². The Balaban J connectivity index is 1.73. The molecule has 2 heterocycles. The van der Waals surface area contributed by atoms with Gasteiger partial charge in [0, 0.05) is 10.6 Å².